The zero-order chi connectivity index (χ0) is 22.6. The van der Waals surface area contributed by atoms with Gasteiger partial charge >= 0.3 is 0 Å². The van der Waals surface area contributed by atoms with Gasteiger partial charge in [-0.05, 0) is 30.0 Å². The molecule has 1 atom stereocenters. The molecule has 0 saturated carbocycles. The van der Waals surface area contributed by atoms with Crippen LogP contribution in [0.1, 0.15) is 38.3 Å². The predicted molar refractivity (Wildman–Crippen MR) is 120 cm³/mol. The lowest BCUT2D eigenvalue weighted by atomic mass is 9.73. The highest BCUT2D eigenvalue weighted by molar-refractivity contribution is 6.33. The number of hydrogen-bond donors (Lipinski definition) is 1. The van der Waals surface area contributed by atoms with Gasteiger partial charge in [-0.3, -0.25) is 14.9 Å². The molecule has 32 heavy (non-hydrogen) atoms. The number of carbonyl (C=O) groups is 1. The van der Waals surface area contributed by atoms with Crippen LogP contribution >= 0.6 is 11.6 Å². The van der Waals surface area contributed by atoms with E-state index in [1.165, 1.54) is 6.07 Å². The number of nitro benzene ring substituents is 1. The van der Waals surface area contributed by atoms with Crippen molar-refractivity contribution in [2.75, 3.05) is 5.32 Å². The summed E-state index contributed by atoms with van der Waals surface area (Å²) < 4.78 is 1.57. The Kier molecular flexibility index (Phi) is 4.63. The van der Waals surface area contributed by atoms with E-state index >= 15 is 0 Å². The maximum Gasteiger partial charge on any atom is 0.275 e. The van der Waals surface area contributed by atoms with Crippen molar-refractivity contribution in [3.63, 3.8) is 0 Å². The number of Topliss-reactive ketones (excluding diaryl/α,β-unsaturated/α-hetero) is 1. The lowest BCUT2D eigenvalue weighted by Crippen LogP contribution is -2.36. The average Bonchev–Trinajstić information content (AvgIpc) is 3.15. The van der Waals surface area contributed by atoms with Crippen LogP contribution in [-0.2, 0) is 4.79 Å². The molecule has 0 radical (unpaired) electrons. The van der Waals surface area contributed by atoms with E-state index in [0.717, 1.165) is 5.70 Å². The number of halogens is 1. The van der Waals surface area contributed by atoms with Gasteiger partial charge in [-0.15, -0.1) is 5.10 Å². The lowest BCUT2D eigenvalue weighted by Gasteiger charge is -2.38. The molecule has 0 spiro atoms. The number of ketones is 1. The second-order valence-electron chi connectivity index (χ2n) is 8.86. The van der Waals surface area contributed by atoms with Crippen molar-refractivity contribution in [2.45, 2.75) is 32.7 Å². The Morgan fingerprint density at radius 1 is 1.16 bits per heavy atom. The summed E-state index contributed by atoms with van der Waals surface area (Å²) in [5.41, 5.74) is 1.98. The largest absolute Gasteiger partial charge is 0.328 e. The van der Waals surface area contributed by atoms with E-state index in [0.29, 0.717) is 46.3 Å². The van der Waals surface area contributed by atoms with Crippen molar-refractivity contribution in [3.8, 4) is 11.4 Å². The van der Waals surface area contributed by atoms with E-state index in [2.05, 4.69) is 15.4 Å². The van der Waals surface area contributed by atoms with Gasteiger partial charge in [0.2, 0.25) is 5.95 Å². The topological polar surface area (TPSA) is 103 Å². The van der Waals surface area contributed by atoms with E-state index in [4.69, 9.17) is 11.6 Å². The van der Waals surface area contributed by atoms with Crippen LogP contribution in [0.25, 0.3) is 11.4 Å². The summed E-state index contributed by atoms with van der Waals surface area (Å²) in [6, 6.07) is 12.9. The van der Waals surface area contributed by atoms with Crippen LogP contribution in [-0.4, -0.2) is 25.5 Å². The third kappa shape index (κ3) is 3.27. The number of nitrogens with one attached hydrogen (secondary N) is 1. The van der Waals surface area contributed by atoms with Crippen LogP contribution in [0, 0.1) is 15.5 Å². The summed E-state index contributed by atoms with van der Waals surface area (Å²) in [7, 11) is 0. The fraction of sp³-hybridized carbons (Fsp3) is 0.261. The van der Waals surface area contributed by atoms with Crippen LogP contribution < -0.4 is 5.32 Å². The molecule has 1 N–H and O–H groups in total. The fourth-order valence-corrected chi connectivity index (χ4v) is 4.76. The molecule has 1 aliphatic carbocycles. The van der Waals surface area contributed by atoms with Crippen molar-refractivity contribution >= 4 is 29.0 Å². The third-order valence-corrected chi connectivity index (χ3v) is 6.20. The van der Waals surface area contributed by atoms with Crippen LogP contribution in [0.2, 0.25) is 5.02 Å². The number of anilines is 1. The minimum atomic E-state index is -0.754. The van der Waals surface area contributed by atoms with Gasteiger partial charge in [0, 0.05) is 29.3 Å². The first-order valence-corrected chi connectivity index (χ1v) is 10.6. The number of nitro groups is 1. The predicted octanol–water partition coefficient (Wildman–Crippen LogP) is 5.16. The molecular weight excluding hydrogens is 430 g/mol. The highest BCUT2D eigenvalue weighted by Gasteiger charge is 2.43. The highest BCUT2D eigenvalue weighted by atomic mass is 35.5. The van der Waals surface area contributed by atoms with E-state index in [1.807, 2.05) is 32.0 Å². The Bertz CT molecular complexity index is 1310. The van der Waals surface area contributed by atoms with Gasteiger partial charge in [-0.1, -0.05) is 49.7 Å². The van der Waals surface area contributed by atoms with Gasteiger partial charge < -0.3 is 5.32 Å². The number of carbonyl (C=O) groups excluding carboxylic acids is 1. The molecule has 1 aliphatic heterocycles. The van der Waals surface area contributed by atoms with Crippen molar-refractivity contribution in [1.29, 1.82) is 0 Å². The smallest absolute Gasteiger partial charge is 0.275 e. The number of rotatable bonds is 3. The Balaban J connectivity index is 1.75. The van der Waals surface area contributed by atoms with E-state index < -0.39 is 11.0 Å². The number of fused-ring (bicyclic) bond motifs is 1. The molecule has 0 saturated heterocycles. The maximum atomic E-state index is 13.3. The molecule has 1 aromatic heterocycles. The average molecular weight is 450 g/mol. The SMILES string of the molecule is CC1(C)CC(=O)C2=C(C1)Nc1nc(-c3ccccc3Cl)nn1[C@H]2c1ccccc1[N+](=O)[O-]. The lowest BCUT2D eigenvalue weighted by molar-refractivity contribution is -0.385. The molecule has 162 valence electrons. The zero-order valence-corrected chi connectivity index (χ0v) is 18.3. The summed E-state index contributed by atoms with van der Waals surface area (Å²) in [6.07, 6.45) is 0.978. The third-order valence-electron chi connectivity index (χ3n) is 5.87. The van der Waals surface area contributed by atoms with Crippen molar-refractivity contribution in [1.82, 2.24) is 14.8 Å². The van der Waals surface area contributed by atoms with Crippen LogP contribution in [0.3, 0.4) is 0 Å². The standard InChI is InChI=1S/C23H20ClN5O3/c1-23(2)11-16-19(18(30)12-23)20(14-8-4-6-10-17(14)29(31)32)28-22(25-16)26-21(27-28)13-7-3-5-9-15(13)24/h3-10,20H,11-12H2,1-2H3,(H,25,26,27)/t20-/m0/s1. The Morgan fingerprint density at radius 2 is 1.88 bits per heavy atom. The Hall–Kier alpha value is -3.52. The summed E-state index contributed by atoms with van der Waals surface area (Å²) in [5, 5.41) is 20.2. The van der Waals surface area contributed by atoms with Gasteiger partial charge in [0.25, 0.3) is 5.69 Å². The summed E-state index contributed by atoms with van der Waals surface area (Å²) in [6.45, 7) is 4.07. The molecule has 8 nitrogen and oxygen atoms in total. The molecule has 0 amide bonds. The van der Waals surface area contributed by atoms with E-state index in [9.17, 15) is 14.9 Å². The van der Waals surface area contributed by atoms with Gasteiger partial charge in [-0.25, -0.2) is 4.68 Å². The molecule has 2 aliphatic rings. The fourth-order valence-electron chi connectivity index (χ4n) is 4.54. The molecule has 0 unspecified atom stereocenters. The Morgan fingerprint density at radius 3 is 2.62 bits per heavy atom. The molecule has 0 fully saturated rings. The minimum Gasteiger partial charge on any atom is -0.328 e. The second-order valence-corrected chi connectivity index (χ2v) is 9.27. The first-order chi connectivity index (χ1) is 15.2. The van der Waals surface area contributed by atoms with Gasteiger partial charge in [0.15, 0.2) is 11.6 Å². The zero-order valence-electron chi connectivity index (χ0n) is 17.5. The molecule has 2 heterocycles. The van der Waals surface area contributed by atoms with Crippen molar-refractivity contribution in [3.05, 3.63) is 80.5 Å². The molecule has 5 rings (SSSR count). The Labute approximate surface area is 189 Å². The number of aromatic nitrogens is 3. The highest BCUT2D eigenvalue weighted by Crippen LogP contribution is 2.47. The maximum absolute atomic E-state index is 13.3. The number of para-hydroxylation sites is 1. The molecular formula is C23H20ClN5O3. The van der Waals surface area contributed by atoms with Crippen molar-refractivity contribution < 1.29 is 9.72 Å². The second kappa shape index (κ2) is 7.27. The first-order valence-electron chi connectivity index (χ1n) is 10.2. The van der Waals surface area contributed by atoms with Crippen molar-refractivity contribution in [2.24, 2.45) is 5.41 Å². The quantitative estimate of drug-likeness (QED) is 0.437. The van der Waals surface area contributed by atoms with Gasteiger partial charge in [0.1, 0.15) is 6.04 Å². The summed E-state index contributed by atoms with van der Waals surface area (Å²) in [5.74, 6) is 0.757. The summed E-state index contributed by atoms with van der Waals surface area (Å²) in [4.78, 5) is 29.3. The van der Waals surface area contributed by atoms with Crippen LogP contribution in [0.5, 0.6) is 0 Å². The number of allylic oxidation sites excluding steroid dienone is 2. The van der Waals surface area contributed by atoms with E-state index in [-0.39, 0.29) is 16.9 Å². The normalized spacial score (nSPS) is 19.2. The van der Waals surface area contributed by atoms with Gasteiger partial charge in [-0.2, -0.15) is 4.98 Å². The number of hydrogen-bond acceptors (Lipinski definition) is 6. The molecule has 3 aromatic rings. The first kappa shape index (κ1) is 20.4. The minimum absolute atomic E-state index is 0.0488. The molecule has 9 heteroatoms. The van der Waals surface area contributed by atoms with Gasteiger partial charge in [0.05, 0.1) is 15.5 Å². The number of benzene rings is 2. The van der Waals surface area contributed by atoms with E-state index in [1.54, 1.807) is 28.9 Å². The summed E-state index contributed by atoms with van der Waals surface area (Å²) >= 11 is 6.36. The molecule has 2 aromatic carbocycles. The number of nitrogens with zero attached hydrogens (tertiary/aromatic N) is 4. The monoisotopic (exact) mass is 449 g/mol. The van der Waals surface area contributed by atoms with Crippen LogP contribution in [0.4, 0.5) is 11.6 Å². The molecule has 0 bridgehead atoms. The van der Waals surface area contributed by atoms with Crippen LogP contribution in [0.15, 0.2) is 59.8 Å².